The average molecular weight is 376 g/mol. The summed E-state index contributed by atoms with van der Waals surface area (Å²) >= 11 is 0. The number of halogens is 1. The molecular weight excluding hydrogens is 351 g/mol. The van der Waals surface area contributed by atoms with Gasteiger partial charge in [-0.25, -0.2) is 4.39 Å². The van der Waals surface area contributed by atoms with E-state index < -0.39 is 0 Å². The van der Waals surface area contributed by atoms with Crippen LogP contribution >= 0.6 is 0 Å². The van der Waals surface area contributed by atoms with Crippen LogP contribution in [0.3, 0.4) is 0 Å². The second-order valence-electron chi connectivity index (χ2n) is 8.72. The van der Waals surface area contributed by atoms with Crippen molar-refractivity contribution in [3.8, 4) is 5.75 Å². The van der Waals surface area contributed by atoms with Crippen molar-refractivity contribution in [2.24, 2.45) is 23.7 Å². The summed E-state index contributed by atoms with van der Waals surface area (Å²) in [5.41, 5.74) is 4.55. The van der Waals surface area contributed by atoms with Crippen molar-refractivity contribution >= 4 is 11.9 Å². The highest BCUT2D eigenvalue weighted by Gasteiger charge is 2.46. The molecule has 4 fully saturated rings. The van der Waals surface area contributed by atoms with Crippen LogP contribution in [0.25, 0.3) is 5.57 Å². The molecule has 0 saturated heterocycles. The molecule has 0 aliphatic heterocycles. The summed E-state index contributed by atoms with van der Waals surface area (Å²) in [5.74, 6) is 3.33. The molecule has 0 heterocycles. The molecule has 6 rings (SSSR count). The Bertz CT molecular complexity index is 912. The van der Waals surface area contributed by atoms with Crippen molar-refractivity contribution in [3.63, 3.8) is 0 Å². The molecule has 4 saturated carbocycles. The Morgan fingerprint density at radius 1 is 0.964 bits per heavy atom. The van der Waals surface area contributed by atoms with E-state index in [-0.39, 0.29) is 5.82 Å². The topological polar surface area (TPSA) is 26.3 Å². The average Bonchev–Trinajstić information content (AvgIpc) is 2.71. The van der Waals surface area contributed by atoms with Gasteiger partial charge in [0, 0.05) is 11.1 Å². The molecule has 0 radical (unpaired) electrons. The highest BCUT2D eigenvalue weighted by Crippen LogP contribution is 2.58. The molecule has 4 aliphatic carbocycles. The third-order valence-corrected chi connectivity index (χ3v) is 7.08. The van der Waals surface area contributed by atoms with E-state index in [0.29, 0.717) is 29.2 Å². The third kappa shape index (κ3) is 2.88. The zero-order chi connectivity index (χ0) is 19.3. The summed E-state index contributed by atoms with van der Waals surface area (Å²) in [6.07, 6.45) is 7.08. The van der Waals surface area contributed by atoms with Gasteiger partial charge < -0.3 is 4.74 Å². The van der Waals surface area contributed by atoms with Crippen molar-refractivity contribution < 1.29 is 13.9 Å². The molecule has 0 N–H and O–H groups in total. The van der Waals surface area contributed by atoms with Gasteiger partial charge in [-0.2, -0.15) is 0 Å². The third-order valence-electron chi connectivity index (χ3n) is 7.08. The first-order valence-corrected chi connectivity index (χ1v) is 10.3. The number of rotatable bonds is 4. The fourth-order valence-electron chi connectivity index (χ4n) is 6.14. The molecule has 4 bridgehead atoms. The minimum Gasteiger partial charge on any atom is -0.497 e. The fourth-order valence-corrected chi connectivity index (χ4v) is 6.14. The van der Waals surface area contributed by atoms with E-state index in [2.05, 4.69) is 0 Å². The van der Waals surface area contributed by atoms with Crippen molar-refractivity contribution in [1.82, 2.24) is 0 Å². The lowest BCUT2D eigenvalue weighted by atomic mass is 9.53. The van der Waals surface area contributed by atoms with Crippen LogP contribution in [0.1, 0.15) is 53.6 Å². The fraction of sp³-hybridized carbons (Fsp3) is 0.400. The molecule has 28 heavy (non-hydrogen) atoms. The number of hydrogen-bond acceptors (Lipinski definition) is 2. The van der Waals surface area contributed by atoms with E-state index in [1.54, 1.807) is 19.2 Å². The first-order chi connectivity index (χ1) is 13.7. The lowest BCUT2D eigenvalue weighted by Gasteiger charge is -2.52. The number of hydrogen-bond donors (Lipinski definition) is 0. The lowest BCUT2D eigenvalue weighted by molar-refractivity contribution is 0.0705. The molecule has 0 aromatic heterocycles. The summed E-state index contributed by atoms with van der Waals surface area (Å²) in [5, 5.41) is 0. The van der Waals surface area contributed by atoms with Crippen molar-refractivity contribution in [2.45, 2.75) is 32.1 Å². The van der Waals surface area contributed by atoms with Gasteiger partial charge in [-0.05, 0) is 85.1 Å². The maximum Gasteiger partial charge on any atom is 0.150 e. The summed E-state index contributed by atoms with van der Waals surface area (Å²) < 4.78 is 20.4. The molecule has 0 atom stereocenters. The van der Waals surface area contributed by atoms with Gasteiger partial charge in [-0.3, -0.25) is 4.79 Å². The summed E-state index contributed by atoms with van der Waals surface area (Å²) in [7, 11) is 1.66. The Kier molecular flexibility index (Phi) is 4.34. The quantitative estimate of drug-likeness (QED) is 0.621. The van der Waals surface area contributed by atoms with E-state index in [1.807, 2.05) is 24.3 Å². The van der Waals surface area contributed by atoms with Gasteiger partial charge in [-0.15, -0.1) is 0 Å². The second-order valence-corrected chi connectivity index (χ2v) is 8.72. The largest absolute Gasteiger partial charge is 0.497 e. The van der Waals surface area contributed by atoms with Gasteiger partial charge in [0.25, 0.3) is 0 Å². The number of carbonyl (C=O) groups is 1. The van der Waals surface area contributed by atoms with Gasteiger partial charge in [0.1, 0.15) is 17.9 Å². The highest BCUT2D eigenvalue weighted by atomic mass is 19.1. The number of aldehydes is 1. The standard InChI is InChI=1S/C25H25FO2/c1-28-21-5-3-18(4-6-21)25(22-7-2-15(14-27)13-23(22)26)24-19-9-16-8-17(11-19)12-20(24)10-16/h2-7,13-14,16-17,19-20H,8-12H2,1H3/t16-,17-,19?,20?. The SMILES string of the molecule is COc1ccc(C(=C2C3C[C@H]4CC2C[C@H](C3)C4)c2ccc(C=O)cc2F)cc1. The highest BCUT2D eigenvalue weighted by molar-refractivity contribution is 5.85. The smallest absolute Gasteiger partial charge is 0.150 e. The van der Waals surface area contributed by atoms with Gasteiger partial charge in [0.15, 0.2) is 0 Å². The molecule has 2 nitrogen and oxygen atoms in total. The van der Waals surface area contributed by atoms with E-state index >= 15 is 4.39 Å². The van der Waals surface area contributed by atoms with Gasteiger partial charge in [-0.1, -0.05) is 29.8 Å². The van der Waals surface area contributed by atoms with Gasteiger partial charge in [0.2, 0.25) is 0 Å². The molecule has 4 aliphatic rings. The zero-order valence-corrected chi connectivity index (χ0v) is 16.2. The zero-order valence-electron chi connectivity index (χ0n) is 16.2. The van der Waals surface area contributed by atoms with Crippen LogP contribution in [0.5, 0.6) is 5.75 Å². The van der Waals surface area contributed by atoms with Gasteiger partial charge in [0.05, 0.1) is 7.11 Å². The molecule has 3 heteroatoms. The Hall–Kier alpha value is -2.42. The predicted molar refractivity (Wildman–Crippen MR) is 108 cm³/mol. The van der Waals surface area contributed by atoms with E-state index in [4.69, 9.17) is 4.74 Å². The Labute approximate surface area is 165 Å². The van der Waals surface area contributed by atoms with Crippen LogP contribution in [0.4, 0.5) is 4.39 Å². The summed E-state index contributed by atoms with van der Waals surface area (Å²) in [4.78, 5) is 11.1. The molecule has 0 amide bonds. The molecule has 144 valence electrons. The Balaban J connectivity index is 1.70. The van der Waals surface area contributed by atoms with E-state index in [9.17, 15) is 4.79 Å². The first-order valence-electron chi connectivity index (χ1n) is 10.3. The van der Waals surface area contributed by atoms with Crippen LogP contribution < -0.4 is 4.74 Å². The lowest BCUT2D eigenvalue weighted by Crippen LogP contribution is -2.40. The molecular formula is C25H25FO2. The van der Waals surface area contributed by atoms with Crippen LogP contribution in [-0.4, -0.2) is 13.4 Å². The number of methoxy groups -OCH3 is 1. The van der Waals surface area contributed by atoms with E-state index in [0.717, 1.165) is 28.7 Å². The molecule has 2 aromatic rings. The van der Waals surface area contributed by atoms with Gasteiger partial charge >= 0.3 is 0 Å². The monoisotopic (exact) mass is 376 g/mol. The number of ether oxygens (including phenoxy) is 1. The second kappa shape index (κ2) is 6.88. The summed E-state index contributed by atoms with van der Waals surface area (Å²) in [6, 6.07) is 12.9. The Morgan fingerprint density at radius 2 is 1.61 bits per heavy atom. The number of allylic oxidation sites excluding steroid dienone is 1. The normalized spacial score (nSPS) is 27.7. The molecule has 0 spiro atoms. The minimum atomic E-state index is -0.309. The number of carbonyl (C=O) groups excluding carboxylic acids is 1. The minimum absolute atomic E-state index is 0.309. The van der Waals surface area contributed by atoms with Crippen molar-refractivity contribution in [1.29, 1.82) is 0 Å². The van der Waals surface area contributed by atoms with Crippen LogP contribution in [0.15, 0.2) is 48.0 Å². The Morgan fingerprint density at radius 3 is 2.14 bits per heavy atom. The molecule has 0 unspecified atom stereocenters. The maximum absolute atomic E-state index is 15.1. The van der Waals surface area contributed by atoms with Crippen LogP contribution in [-0.2, 0) is 0 Å². The maximum atomic E-state index is 15.1. The predicted octanol–water partition coefficient (Wildman–Crippen LogP) is 5.90. The van der Waals surface area contributed by atoms with Crippen molar-refractivity contribution in [2.75, 3.05) is 7.11 Å². The first kappa shape index (κ1) is 17.7. The van der Waals surface area contributed by atoms with Crippen LogP contribution in [0.2, 0.25) is 0 Å². The molecule has 2 aromatic carbocycles. The van der Waals surface area contributed by atoms with Crippen LogP contribution in [0, 0.1) is 29.5 Å². The van der Waals surface area contributed by atoms with E-state index in [1.165, 1.54) is 43.7 Å². The number of benzene rings is 2. The summed E-state index contributed by atoms with van der Waals surface area (Å²) in [6.45, 7) is 0. The van der Waals surface area contributed by atoms with Crippen molar-refractivity contribution in [3.05, 3.63) is 70.5 Å².